The fourth-order valence-corrected chi connectivity index (χ4v) is 3.67. The summed E-state index contributed by atoms with van der Waals surface area (Å²) in [6.07, 6.45) is 4.95. The quantitative estimate of drug-likeness (QED) is 0.658. The van der Waals surface area contributed by atoms with E-state index in [1.54, 1.807) is 12.4 Å². The Kier molecular flexibility index (Phi) is 6.26. The molecule has 0 bridgehead atoms. The molecule has 1 N–H and O–H groups in total. The topological polar surface area (TPSA) is 83.5 Å². The molecule has 1 fully saturated rings. The molecule has 160 valence electrons. The second kappa shape index (κ2) is 9.42. The van der Waals surface area contributed by atoms with Gasteiger partial charge in [-0.05, 0) is 30.2 Å². The van der Waals surface area contributed by atoms with Gasteiger partial charge in [-0.2, -0.15) is 4.98 Å². The van der Waals surface area contributed by atoms with Crippen LogP contribution in [0.3, 0.4) is 0 Å². The number of anilines is 2. The minimum absolute atomic E-state index is 0.273. The summed E-state index contributed by atoms with van der Waals surface area (Å²) in [7, 11) is 1.51. The van der Waals surface area contributed by atoms with Crippen molar-refractivity contribution in [2.24, 2.45) is 0 Å². The van der Waals surface area contributed by atoms with Gasteiger partial charge in [-0.3, -0.25) is 9.78 Å². The molecule has 1 aliphatic rings. The summed E-state index contributed by atoms with van der Waals surface area (Å²) in [5, 5.41) is 2.86. The van der Waals surface area contributed by atoms with Crippen LogP contribution in [-0.4, -0.2) is 54.1 Å². The number of hydrogen-bond acceptors (Lipinski definition) is 7. The Morgan fingerprint density at radius 1 is 1.06 bits per heavy atom. The van der Waals surface area contributed by atoms with E-state index >= 15 is 0 Å². The van der Waals surface area contributed by atoms with Crippen molar-refractivity contribution < 1.29 is 9.53 Å². The lowest BCUT2D eigenvalue weighted by Crippen LogP contribution is -2.47. The summed E-state index contributed by atoms with van der Waals surface area (Å²) in [5.41, 5.74) is 3.77. The zero-order chi connectivity index (χ0) is 21.6. The fourth-order valence-electron chi connectivity index (χ4n) is 3.67. The van der Waals surface area contributed by atoms with E-state index in [-0.39, 0.29) is 11.8 Å². The largest absolute Gasteiger partial charge is 0.480 e. The zero-order valence-corrected chi connectivity index (χ0v) is 17.8. The van der Waals surface area contributed by atoms with Gasteiger partial charge in [0, 0.05) is 57.0 Å². The molecular formula is C23H26N6O2. The van der Waals surface area contributed by atoms with Gasteiger partial charge in [0.05, 0.1) is 7.11 Å². The monoisotopic (exact) mass is 418 g/mol. The van der Waals surface area contributed by atoms with Crippen molar-refractivity contribution in [3.8, 4) is 5.88 Å². The number of pyridine rings is 1. The molecule has 2 aromatic heterocycles. The van der Waals surface area contributed by atoms with Gasteiger partial charge in [-0.15, -0.1) is 0 Å². The van der Waals surface area contributed by atoms with Gasteiger partial charge < -0.3 is 19.9 Å². The third-order valence-corrected chi connectivity index (χ3v) is 5.37. The summed E-state index contributed by atoms with van der Waals surface area (Å²) >= 11 is 0. The highest BCUT2D eigenvalue weighted by molar-refractivity contribution is 5.96. The molecule has 0 saturated carbocycles. The van der Waals surface area contributed by atoms with Gasteiger partial charge in [-0.25, -0.2) is 4.98 Å². The van der Waals surface area contributed by atoms with Crippen molar-refractivity contribution in [3.05, 3.63) is 71.7 Å². The minimum Gasteiger partial charge on any atom is -0.480 e. The number of ether oxygens (including phenoxy) is 1. The molecule has 3 heterocycles. The molecule has 0 unspecified atom stereocenters. The first-order valence-corrected chi connectivity index (χ1v) is 10.3. The molecule has 1 amide bonds. The van der Waals surface area contributed by atoms with Gasteiger partial charge in [-0.1, -0.05) is 24.3 Å². The van der Waals surface area contributed by atoms with E-state index in [4.69, 9.17) is 4.74 Å². The predicted octanol–water partition coefficient (Wildman–Crippen LogP) is 2.45. The molecule has 1 aromatic carbocycles. The number of carbonyl (C=O) groups is 1. The van der Waals surface area contributed by atoms with Crippen LogP contribution in [-0.2, 0) is 6.54 Å². The van der Waals surface area contributed by atoms with Crippen LogP contribution in [0.1, 0.15) is 21.5 Å². The van der Waals surface area contributed by atoms with Gasteiger partial charge in [0.25, 0.3) is 5.91 Å². The summed E-state index contributed by atoms with van der Waals surface area (Å²) < 4.78 is 5.39. The SMILES string of the molecule is COc1nc(N2CCN(c3ccccc3C)CC2)ncc1C(=O)NCc1cccnc1. The molecule has 3 aromatic rings. The number of benzene rings is 1. The van der Waals surface area contributed by atoms with Gasteiger partial charge in [0.1, 0.15) is 5.56 Å². The second-order valence-electron chi connectivity index (χ2n) is 7.40. The Labute approximate surface area is 181 Å². The van der Waals surface area contributed by atoms with Crippen LogP contribution in [0, 0.1) is 6.92 Å². The van der Waals surface area contributed by atoms with Gasteiger partial charge in [0.2, 0.25) is 11.8 Å². The molecule has 1 saturated heterocycles. The molecule has 1 aliphatic heterocycles. The lowest BCUT2D eigenvalue weighted by Gasteiger charge is -2.36. The summed E-state index contributed by atoms with van der Waals surface area (Å²) in [6.45, 7) is 5.86. The Morgan fingerprint density at radius 2 is 1.84 bits per heavy atom. The number of piperazine rings is 1. The number of methoxy groups -OCH3 is 1. The van der Waals surface area contributed by atoms with Crippen molar-refractivity contribution in [2.45, 2.75) is 13.5 Å². The van der Waals surface area contributed by atoms with Gasteiger partial charge >= 0.3 is 0 Å². The van der Waals surface area contributed by atoms with Crippen LogP contribution in [0.4, 0.5) is 11.6 Å². The van der Waals surface area contributed by atoms with Crippen LogP contribution in [0.2, 0.25) is 0 Å². The van der Waals surface area contributed by atoms with E-state index < -0.39 is 0 Å². The van der Waals surface area contributed by atoms with Crippen molar-refractivity contribution >= 4 is 17.5 Å². The maximum Gasteiger partial charge on any atom is 0.258 e. The van der Waals surface area contributed by atoms with E-state index in [0.29, 0.717) is 18.1 Å². The third-order valence-electron chi connectivity index (χ3n) is 5.37. The maximum absolute atomic E-state index is 12.6. The number of rotatable bonds is 6. The fraction of sp³-hybridized carbons (Fsp3) is 0.304. The molecular weight excluding hydrogens is 392 g/mol. The van der Waals surface area contributed by atoms with Crippen molar-refractivity contribution in [2.75, 3.05) is 43.1 Å². The van der Waals surface area contributed by atoms with Crippen LogP contribution >= 0.6 is 0 Å². The molecule has 8 nitrogen and oxygen atoms in total. The molecule has 0 radical (unpaired) electrons. The van der Waals surface area contributed by atoms with E-state index in [1.807, 2.05) is 12.1 Å². The van der Waals surface area contributed by atoms with E-state index in [9.17, 15) is 4.79 Å². The van der Waals surface area contributed by atoms with Crippen molar-refractivity contribution in [1.82, 2.24) is 20.3 Å². The molecule has 8 heteroatoms. The first-order valence-electron chi connectivity index (χ1n) is 10.3. The zero-order valence-electron chi connectivity index (χ0n) is 17.8. The first kappa shape index (κ1) is 20.6. The Balaban J connectivity index is 1.41. The van der Waals surface area contributed by atoms with Crippen molar-refractivity contribution in [1.29, 1.82) is 0 Å². The van der Waals surface area contributed by atoms with E-state index in [1.165, 1.54) is 24.6 Å². The van der Waals surface area contributed by atoms with E-state index in [2.05, 4.69) is 61.3 Å². The number of nitrogens with one attached hydrogen (secondary N) is 1. The average Bonchev–Trinajstić information content (AvgIpc) is 2.83. The maximum atomic E-state index is 12.6. The minimum atomic E-state index is -0.281. The summed E-state index contributed by atoms with van der Waals surface area (Å²) in [5.74, 6) is 0.566. The van der Waals surface area contributed by atoms with E-state index in [0.717, 1.165) is 31.7 Å². The number of aryl methyl sites for hydroxylation is 1. The highest BCUT2D eigenvalue weighted by Gasteiger charge is 2.22. The lowest BCUT2D eigenvalue weighted by molar-refractivity contribution is 0.0946. The Morgan fingerprint density at radius 3 is 2.55 bits per heavy atom. The number of para-hydroxylation sites is 1. The van der Waals surface area contributed by atoms with Crippen LogP contribution in [0.25, 0.3) is 0 Å². The number of aromatic nitrogens is 3. The number of amides is 1. The summed E-state index contributed by atoms with van der Waals surface area (Å²) in [6, 6.07) is 12.2. The lowest BCUT2D eigenvalue weighted by atomic mass is 10.1. The number of nitrogens with zero attached hydrogens (tertiary/aromatic N) is 5. The molecule has 31 heavy (non-hydrogen) atoms. The van der Waals surface area contributed by atoms with Crippen LogP contribution in [0.15, 0.2) is 55.0 Å². The average molecular weight is 419 g/mol. The van der Waals surface area contributed by atoms with Crippen LogP contribution < -0.4 is 19.9 Å². The third kappa shape index (κ3) is 4.74. The predicted molar refractivity (Wildman–Crippen MR) is 120 cm³/mol. The molecule has 4 rings (SSSR count). The number of hydrogen-bond donors (Lipinski definition) is 1. The van der Waals surface area contributed by atoms with Crippen molar-refractivity contribution in [3.63, 3.8) is 0 Å². The Hall–Kier alpha value is -3.68. The normalized spacial score (nSPS) is 13.7. The Bertz CT molecular complexity index is 1040. The van der Waals surface area contributed by atoms with Gasteiger partial charge in [0.15, 0.2) is 0 Å². The molecule has 0 aliphatic carbocycles. The highest BCUT2D eigenvalue weighted by atomic mass is 16.5. The summed E-state index contributed by atoms with van der Waals surface area (Å²) in [4.78, 5) is 30.1. The first-order chi connectivity index (χ1) is 15.2. The molecule has 0 atom stereocenters. The standard InChI is InChI=1S/C23H26N6O2/c1-17-6-3-4-8-20(17)28-10-12-29(13-11-28)23-26-16-19(22(27-23)31-2)21(30)25-15-18-7-5-9-24-14-18/h3-9,14,16H,10-13,15H2,1-2H3,(H,25,30). The molecule has 0 spiro atoms. The second-order valence-corrected chi connectivity index (χ2v) is 7.40. The number of carbonyl (C=O) groups excluding carboxylic acids is 1. The highest BCUT2D eigenvalue weighted by Crippen LogP contribution is 2.23. The van der Waals surface area contributed by atoms with Crippen LogP contribution in [0.5, 0.6) is 5.88 Å². The smallest absolute Gasteiger partial charge is 0.258 e.